The number of aryl methyl sites for hydroxylation is 1. The molecule has 4 nitrogen and oxygen atoms in total. The molecule has 1 aromatic heterocycles. The molecule has 0 radical (unpaired) electrons. The number of amides is 1. The molecule has 0 bridgehead atoms. The van der Waals surface area contributed by atoms with Crippen LogP contribution in [0.25, 0.3) is 0 Å². The van der Waals surface area contributed by atoms with Gasteiger partial charge in [0.25, 0.3) is 11.5 Å². The molecule has 1 amide bonds. The Kier molecular flexibility index (Phi) is 4.90. The largest absolute Gasteiger partial charge is 0.321 e. The van der Waals surface area contributed by atoms with Crippen molar-refractivity contribution in [2.75, 3.05) is 5.32 Å². The molecule has 0 spiro atoms. The van der Waals surface area contributed by atoms with Gasteiger partial charge in [-0.25, -0.2) is 4.39 Å². The minimum atomic E-state index is -0.608. The van der Waals surface area contributed by atoms with E-state index >= 15 is 0 Å². The van der Waals surface area contributed by atoms with Crippen LogP contribution in [0.15, 0.2) is 45.8 Å². The van der Waals surface area contributed by atoms with Crippen molar-refractivity contribution in [2.45, 2.75) is 19.9 Å². The maximum atomic E-state index is 13.7. The second kappa shape index (κ2) is 6.67. The van der Waals surface area contributed by atoms with Crippen LogP contribution in [0.1, 0.15) is 23.7 Å². The zero-order valence-electron chi connectivity index (χ0n) is 11.4. The number of nitrogens with one attached hydrogen (secondary N) is 1. The first-order valence-corrected chi connectivity index (χ1v) is 7.28. The van der Waals surface area contributed by atoms with E-state index in [9.17, 15) is 14.0 Å². The van der Waals surface area contributed by atoms with E-state index < -0.39 is 11.7 Å². The monoisotopic (exact) mass is 352 g/mol. The van der Waals surface area contributed by atoms with Gasteiger partial charge in [-0.3, -0.25) is 9.59 Å². The number of carbonyl (C=O) groups excluding carboxylic acids is 1. The van der Waals surface area contributed by atoms with E-state index in [2.05, 4.69) is 21.2 Å². The van der Waals surface area contributed by atoms with Crippen molar-refractivity contribution in [3.8, 4) is 0 Å². The molecule has 1 N–H and O–H groups in total. The fraction of sp³-hybridized carbons (Fsp3) is 0.200. The van der Waals surface area contributed by atoms with E-state index in [-0.39, 0.29) is 11.1 Å². The lowest BCUT2D eigenvalue weighted by atomic mass is 10.2. The minimum absolute atomic E-state index is 0.0641. The smallest absolute Gasteiger partial charge is 0.259 e. The molecule has 0 unspecified atom stereocenters. The maximum Gasteiger partial charge on any atom is 0.259 e. The van der Waals surface area contributed by atoms with Crippen molar-refractivity contribution >= 4 is 27.5 Å². The van der Waals surface area contributed by atoms with E-state index in [1.165, 1.54) is 28.8 Å². The molecule has 0 aliphatic rings. The van der Waals surface area contributed by atoms with Gasteiger partial charge >= 0.3 is 0 Å². The third-order valence-corrected chi connectivity index (χ3v) is 3.56. The van der Waals surface area contributed by atoms with Crippen LogP contribution in [0.4, 0.5) is 10.1 Å². The summed E-state index contributed by atoms with van der Waals surface area (Å²) in [7, 11) is 0. The molecular formula is C15H14BrFN2O2. The van der Waals surface area contributed by atoms with Crippen LogP contribution in [0.2, 0.25) is 0 Å². The highest BCUT2D eigenvalue weighted by atomic mass is 79.9. The Morgan fingerprint density at radius 3 is 2.76 bits per heavy atom. The third-order valence-electron chi connectivity index (χ3n) is 2.90. The van der Waals surface area contributed by atoms with Gasteiger partial charge in [-0.05, 0) is 40.5 Å². The summed E-state index contributed by atoms with van der Waals surface area (Å²) in [5.74, 6) is -1.18. The molecule has 0 fully saturated rings. The van der Waals surface area contributed by atoms with E-state index in [0.717, 1.165) is 6.42 Å². The molecule has 0 saturated heterocycles. The Morgan fingerprint density at radius 1 is 1.33 bits per heavy atom. The summed E-state index contributed by atoms with van der Waals surface area (Å²) in [5, 5.41) is 2.60. The van der Waals surface area contributed by atoms with Crippen molar-refractivity contribution in [1.82, 2.24) is 4.57 Å². The Labute approximate surface area is 129 Å². The Bertz CT molecular complexity index is 708. The minimum Gasteiger partial charge on any atom is -0.321 e. The van der Waals surface area contributed by atoms with Crippen LogP contribution in [-0.4, -0.2) is 10.5 Å². The summed E-state index contributed by atoms with van der Waals surface area (Å²) in [6, 6.07) is 7.20. The summed E-state index contributed by atoms with van der Waals surface area (Å²) in [4.78, 5) is 23.7. The SMILES string of the molecule is CCCn1cc(NC(=O)c2c(F)cccc2Br)ccc1=O. The highest BCUT2D eigenvalue weighted by Gasteiger charge is 2.15. The molecular weight excluding hydrogens is 339 g/mol. The molecule has 1 heterocycles. The number of hydrogen-bond donors (Lipinski definition) is 1. The fourth-order valence-electron chi connectivity index (χ4n) is 1.93. The first kappa shape index (κ1) is 15.4. The Morgan fingerprint density at radius 2 is 2.10 bits per heavy atom. The average Bonchev–Trinajstić information content (AvgIpc) is 2.42. The first-order valence-electron chi connectivity index (χ1n) is 6.48. The van der Waals surface area contributed by atoms with Crippen molar-refractivity contribution in [1.29, 1.82) is 0 Å². The molecule has 6 heteroatoms. The van der Waals surface area contributed by atoms with Crippen LogP contribution in [0.5, 0.6) is 0 Å². The van der Waals surface area contributed by atoms with Gasteiger partial charge in [-0.1, -0.05) is 13.0 Å². The number of carbonyl (C=O) groups is 1. The number of nitrogens with zero attached hydrogens (tertiary/aromatic N) is 1. The summed E-state index contributed by atoms with van der Waals surface area (Å²) in [6.07, 6.45) is 2.36. The average molecular weight is 353 g/mol. The predicted molar refractivity (Wildman–Crippen MR) is 83.0 cm³/mol. The lowest BCUT2D eigenvalue weighted by Crippen LogP contribution is -2.21. The lowest BCUT2D eigenvalue weighted by molar-refractivity contribution is 0.102. The van der Waals surface area contributed by atoms with Crippen LogP contribution in [0, 0.1) is 5.82 Å². The maximum absolute atomic E-state index is 13.7. The topological polar surface area (TPSA) is 51.1 Å². The Hall–Kier alpha value is -1.95. The van der Waals surface area contributed by atoms with Crippen molar-refractivity contribution in [3.05, 3.63) is 62.7 Å². The Balaban J connectivity index is 2.28. The van der Waals surface area contributed by atoms with Gasteiger partial charge in [0.2, 0.25) is 0 Å². The van der Waals surface area contributed by atoms with Crippen molar-refractivity contribution < 1.29 is 9.18 Å². The molecule has 0 aliphatic heterocycles. The second-order valence-corrected chi connectivity index (χ2v) is 5.35. The zero-order valence-corrected chi connectivity index (χ0v) is 13.0. The van der Waals surface area contributed by atoms with Crippen LogP contribution >= 0.6 is 15.9 Å². The quantitative estimate of drug-likeness (QED) is 0.916. The summed E-state index contributed by atoms with van der Waals surface area (Å²) < 4.78 is 15.6. The fourth-order valence-corrected chi connectivity index (χ4v) is 2.45. The second-order valence-electron chi connectivity index (χ2n) is 4.50. The van der Waals surface area contributed by atoms with Crippen LogP contribution in [-0.2, 0) is 6.54 Å². The first-order chi connectivity index (χ1) is 10.0. The van der Waals surface area contributed by atoms with E-state index in [4.69, 9.17) is 0 Å². The summed E-state index contributed by atoms with van der Waals surface area (Å²) in [5.41, 5.74) is 0.246. The zero-order chi connectivity index (χ0) is 15.4. The van der Waals surface area contributed by atoms with Gasteiger partial charge in [0, 0.05) is 23.3 Å². The highest BCUT2D eigenvalue weighted by molar-refractivity contribution is 9.10. The van der Waals surface area contributed by atoms with E-state index in [0.29, 0.717) is 16.7 Å². The van der Waals surface area contributed by atoms with Gasteiger partial charge in [0.05, 0.1) is 11.3 Å². The molecule has 0 saturated carbocycles. The molecule has 2 rings (SSSR count). The van der Waals surface area contributed by atoms with Crippen molar-refractivity contribution in [2.24, 2.45) is 0 Å². The standard InChI is InChI=1S/C15H14BrFN2O2/c1-2-8-19-9-10(6-7-13(19)20)18-15(21)14-11(16)4-3-5-12(14)17/h3-7,9H,2,8H2,1H3,(H,18,21). The molecule has 21 heavy (non-hydrogen) atoms. The molecule has 0 aliphatic carbocycles. The van der Waals surface area contributed by atoms with E-state index in [1.807, 2.05) is 6.92 Å². The van der Waals surface area contributed by atoms with Gasteiger partial charge in [0.1, 0.15) is 5.82 Å². The van der Waals surface area contributed by atoms with Crippen LogP contribution in [0.3, 0.4) is 0 Å². The van der Waals surface area contributed by atoms with Crippen LogP contribution < -0.4 is 10.9 Å². The number of pyridine rings is 1. The summed E-state index contributed by atoms with van der Waals surface area (Å²) >= 11 is 3.16. The highest BCUT2D eigenvalue weighted by Crippen LogP contribution is 2.20. The predicted octanol–water partition coefficient (Wildman–Crippen LogP) is 3.41. The van der Waals surface area contributed by atoms with Gasteiger partial charge in [0.15, 0.2) is 0 Å². The summed E-state index contributed by atoms with van der Waals surface area (Å²) in [6.45, 7) is 2.51. The number of aromatic nitrogens is 1. The number of hydrogen-bond acceptors (Lipinski definition) is 2. The number of benzene rings is 1. The number of anilines is 1. The third kappa shape index (κ3) is 3.58. The van der Waals surface area contributed by atoms with Gasteiger partial charge < -0.3 is 9.88 Å². The number of halogens is 2. The molecule has 0 atom stereocenters. The normalized spacial score (nSPS) is 10.4. The van der Waals surface area contributed by atoms with Gasteiger partial charge in [-0.2, -0.15) is 0 Å². The van der Waals surface area contributed by atoms with E-state index in [1.54, 1.807) is 12.3 Å². The van der Waals surface area contributed by atoms with Crippen molar-refractivity contribution in [3.63, 3.8) is 0 Å². The number of rotatable bonds is 4. The van der Waals surface area contributed by atoms with Gasteiger partial charge in [-0.15, -0.1) is 0 Å². The molecule has 2 aromatic rings. The molecule has 1 aromatic carbocycles. The molecule has 110 valence electrons. The lowest BCUT2D eigenvalue weighted by Gasteiger charge is -2.10.